The maximum atomic E-state index is 13.2. The molecule has 0 aromatic carbocycles. The third-order valence-corrected chi connectivity index (χ3v) is 5.54. The van der Waals surface area contributed by atoms with Crippen LogP contribution in [0.1, 0.15) is 32.1 Å². The highest BCUT2D eigenvalue weighted by molar-refractivity contribution is 7.81. The zero-order valence-corrected chi connectivity index (χ0v) is 11.4. The standard InChI is InChI=1S/C12H16F2O5S/c13-12(14,20(17)18)10(16)19-11-3-6-1-7(4-11)9(15)8(2-6)5-11/h6-9,15H,1-5H2,(H,17,18). The number of aliphatic hydroxyl groups is 1. The van der Waals surface area contributed by atoms with Crippen LogP contribution >= 0.6 is 0 Å². The van der Waals surface area contributed by atoms with Crippen molar-refractivity contribution >= 4 is 17.0 Å². The Kier molecular flexibility index (Phi) is 3.19. The first kappa shape index (κ1) is 14.3. The Labute approximate surface area is 117 Å². The van der Waals surface area contributed by atoms with Crippen molar-refractivity contribution in [2.75, 3.05) is 0 Å². The number of hydrogen-bond donors (Lipinski definition) is 2. The molecule has 4 rings (SSSR count). The molecular weight excluding hydrogens is 294 g/mol. The van der Waals surface area contributed by atoms with Crippen LogP contribution in [0.2, 0.25) is 0 Å². The van der Waals surface area contributed by atoms with Crippen molar-refractivity contribution in [2.45, 2.75) is 49.1 Å². The third kappa shape index (κ3) is 2.08. The largest absolute Gasteiger partial charge is 0.454 e. The van der Waals surface area contributed by atoms with E-state index in [0.29, 0.717) is 19.3 Å². The molecule has 0 aromatic rings. The van der Waals surface area contributed by atoms with Gasteiger partial charge in [-0.3, -0.25) is 0 Å². The number of carbonyl (C=O) groups is 1. The highest BCUT2D eigenvalue weighted by Gasteiger charge is 2.59. The predicted octanol–water partition coefficient (Wildman–Crippen LogP) is 1.28. The summed E-state index contributed by atoms with van der Waals surface area (Å²) in [6.07, 6.45) is 2.44. The lowest BCUT2D eigenvalue weighted by Crippen LogP contribution is -2.59. The van der Waals surface area contributed by atoms with Gasteiger partial charge in [0, 0.05) is 0 Å². The molecule has 0 radical (unpaired) electrons. The molecule has 5 nitrogen and oxygen atoms in total. The van der Waals surface area contributed by atoms with E-state index in [1.165, 1.54) is 0 Å². The lowest BCUT2D eigenvalue weighted by atomic mass is 9.53. The molecule has 0 amide bonds. The van der Waals surface area contributed by atoms with Gasteiger partial charge in [-0.2, -0.15) is 8.78 Å². The summed E-state index contributed by atoms with van der Waals surface area (Å²) in [4.78, 5) is 11.5. The molecule has 0 saturated heterocycles. The molecule has 3 unspecified atom stereocenters. The number of ether oxygens (including phenoxy) is 1. The monoisotopic (exact) mass is 310 g/mol. The molecule has 4 aliphatic rings. The molecule has 0 aliphatic heterocycles. The number of rotatable bonds is 3. The molecule has 114 valence electrons. The van der Waals surface area contributed by atoms with E-state index in [1.54, 1.807) is 0 Å². The van der Waals surface area contributed by atoms with Gasteiger partial charge in [0.15, 0.2) is 0 Å². The van der Waals surface area contributed by atoms with E-state index in [1.807, 2.05) is 0 Å². The maximum Gasteiger partial charge on any atom is 0.439 e. The first-order chi connectivity index (χ1) is 9.23. The van der Waals surface area contributed by atoms with Gasteiger partial charge in [-0.05, 0) is 49.9 Å². The average Bonchev–Trinajstić information content (AvgIpc) is 2.34. The summed E-state index contributed by atoms with van der Waals surface area (Å²) in [5.74, 6) is -1.71. The van der Waals surface area contributed by atoms with Crippen LogP contribution in [0.5, 0.6) is 0 Å². The van der Waals surface area contributed by atoms with Crippen LogP contribution in [0.25, 0.3) is 0 Å². The molecule has 20 heavy (non-hydrogen) atoms. The van der Waals surface area contributed by atoms with Crippen LogP contribution in [-0.4, -0.2) is 36.8 Å². The first-order valence-electron chi connectivity index (χ1n) is 6.64. The zero-order chi connectivity index (χ0) is 14.7. The summed E-state index contributed by atoms with van der Waals surface area (Å²) in [7, 11) is 0. The Morgan fingerprint density at radius 3 is 2.30 bits per heavy atom. The van der Waals surface area contributed by atoms with Gasteiger partial charge >= 0.3 is 11.2 Å². The van der Waals surface area contributed by atoms with Gasteiger partial charge in [0.2, 0.25) is 11.1 Å². The summed E-state index contributed by atoms with van der Waals surface area (Å²) in [6.45, 7) is 0. The lowest BCUT2D eigenvalue weighted by molar-refractivity contribution is -0.216. The molecule has 0 spiro atoms. The number of halogens is 2. The van der Waals surface area contributed by atoms with Gasteiger partial charge in [-0.25, -0.2) is 9.00 Å². The van der Waals surface area contributed by atoms with Crippen molar-refractivity contribution in [3.05, 3.63) is 0 Å². The van der Waals surface area contributed by atoms with E-state index < -0.39 is 34.0 Å². The minimum Gasteiger partial charge on any atom is -0.454 e. The molecule has 3 atom stereocenters. The van der Waals surface area contributed by atoms with E-state index >= 15 is 0 Å². The number of alkyl halides is 2. The smallest absolute Gasteiger partial charge is 0.439 e. The Morgan fingerprint density at radius 2 is 1.80 bits per heavy atom. The van der Waals surface area contributed by atoms with E-state index in [9.17, 15) is 22.9 Å². The molecule has 4 fully saturated rings. The first-order valence-corrected chi connectivity index (χ1v) is 7.74. The van der Waals surface area contributed by atoms with Crippen molar-refractivity contribution in [1.29, 1.82) is 0 Å². The summed E-state index contributed by atoms with van der Waals surface area (Å²) in [6, 6.07) is 0. The number of aliphatic hydroxyl groups excluding tert-OH is 1. The molecular formula is C12H16F2O5S. The van der Waals surface area contributed by atoms with Crippen LogP contribution in [0.3, 0.4) is 0 Å². The van der Waals surface area contributed by atoms with Crippen LogP contribution in [0.4, 0.5) is 8.78 Å². The topological polar surface area (TPSA) is 83.8 Å². The van der Waals surface area contributed by atoms with Crippen molar-refractivity contribution in [3.8, 4) is 0 Å². The fourth-order valence-electron chi connectivity index (χ4n) is 4.38. The number of hydrogen-bond acceptors (Lipinski definition) is 4. The SMILES string of the molecule is O=C(OC12CC3CC(C1)C(O)C(C3)C2)C(F)(F)S(=O)O. The highest BCUT2D eigenvalue weighted by Crippen LogP contribution is 2.57. The Balaban J connectivity index is 1.78. The summed E-state index contributed by atoms with van der Waals surface area (Å²) >= 11 is -3.58. The molecule has 4 aliphatic carbocycles. The van der Waals surface area contributed by atoms with Crippen molar-refractivity contribution in [2.24, 2.45) is 17.8 Å². The molecule has 4 saturated carbocycles. The second-order valence-corrected chi connectivity index (χ2v) is 7.31. The van der Waals surface area contributed by atoms with E-state index in [-0.39, 0.29) is 17.8 Å². The summed E-state index contributed by atoms with van der Waals surface area (Å²) in [5, 5.41) is 5.65. The van der Waals surface area contributed by atoms with Crippen molar-refractivity contribution < 1.29 is 32.2 Å². The Bertz CT molecular complexity index is 453. The Hall–Kier alpha value is -0.600. The van der Waals surface area contributed by atoms with E-state index in [2.05, 4.69) is 0 Å². The van der Waals surface area contributed by atoms with Crippen molar-refractivity contribution in [3.63, 3.8) is 0 Å². The van der Waals surface area contributed by atoms with Gasteiger partial charge in [-0.15, -0.1) is 0 Å². The minimum absolute atomic E-state index is 0.0257. The van der Waals surface area contributed by atoms with Gasteiger partial charge < -0.3 is 14.4 Å². The number of carbonyl (C=O) groups excluding carboxylic acids is 1. The maximum absolute atomic E-state index is 13.2. The van der Waals surface area contributed by atoms with E-state index in [4.69, 9.17) is 9.29 Å². The molecule has 0 aromatic heterocycles. The van der Waals surface area contributed by atoms with Crippen LogP contribution < -0.4 is 0 Å². The quantitative estimate of drug-likeness (QED) is 0.606. The van der Waals surface area contributed by atoms with Gasteiger partial charge in [0.1, 0.15) is 5.60 Å². The minimum atomic E-state index is -4.40. The highest BCUT2D eigenvalue weighted by atomic mass is 32.2. The number of esters is 1. The predicted molar refractivity (Wildman–Crippen MR) is 64.1 cm³/mol. The lowest BCUT2D eigenvalue weighted by Gasteiger charge is -2.57. The van der Waals surface area contributed by atoms with Gasteiger partial charge in [-0.1, -0.05) is 0 Å². The van der Waals surface area contributed by atoms with E-state index in [0.717, 1.165) is 12.8 Å². The van der Waals surface area contributed by atoms with Crippen molar-refractivity contribution in [1.82, 2.24) is 0 Å². The Morgan fingerprint density at radius 1 is 1.25 bits per heavy atom. The van der Waals surface area contributed by atoms with Gasteiger partial charge in [0.25, 0.3) is 0 Å². The fraction of sp³-hybridized carbons (Fsp3) is 0.917. The second kappa shape index (κ2) is 4.45. The summed E-state index contributed by atoms with van der Waals surface area (Å²) in [5.41, 5.74) is -0.990. The van der Waals surface area contributed by atoms with Crippen LogP contribution in [0.15, 0.2) is 0 Å². The molecule has 2 N–H and O–H groups in total. The second-order valence-electron chi connectivity index (χ2n) is 6.30. The normalized spacial score (nSPS) is 44.4. The summed E-state index contributed by atoms with van der Waals surface area (Å²) < 4.78 is 50.4. The molecule has 4 bridgehead atoms. The molecule has 0 heterocycles. The zero-order valence-electron chi connectivity index (χ0n) is 10.6. The van der Waals surface area contributed by atoms with Crippen LogP contribution in [0, 0.1) is 17.8 Å². The van der Waals surface area contributed by atoms with Gasteiger partial charge in [0.05, 0.1) is 6.10 Å². The van der Waals surface area contributed by atoms with Crippen LogP contribution in [-0.2, 0) is 20.6 Å². The fourth-order valence-corrected chi connectivity index (χ4v) is 4.56. The third-order valence-electron chi connectivity index (χ3n) is 4.93. The molecule has 8 heteroatoms. The average molecular weight is 310 g/mol.